The van der Waals surface area contributed by atoms with Crippen LogP contribution in [-0.4, -0.2) is 36.8 Å². The van der Waals surface area contributed by atoms with Gasteiger partial charge in [-0.15, -0.1) is 0 Å². The molecule has 198 valence electrons. The lowest BCUT2D eigenvalue weighted by Crippen LogP contribution is -2.37. The highest BCUT2D eigenvalue weighted by Gasteiger charge is 2.35. The maximum absolute atomic E-state index is 13.9. The van der Waals surface area contributed by atoms with E-state index >= 15 is 0 Å². The van der Waals surface area contributed by atoms with Crippen LogP contribution in [0.4, 0.5) is 29.3 Å². The molecule has 4 aromatic rings. The Morgan fingerprint density at radius 2 is 1.84 bits per heavy atom. The number of amides is 2. The fourth-order valence-electron chi connectivity index (χ4n) is 3.79. The lowest BCUT2D eigenvalue weighted by atomic mass is 10.1. The minimum Gasteiger partial charge on any atom is -0.395 e. The molecule has 0 fully saturated rings. The van der Waals surface area contributed by atoms with Crippen LogP contribution in [0, 0.1) is 10.1 Å². The van der Waals surface area contributed by atoms with Crippen LogP contribution in [0.3, 0.4) is 0 Å². The van der Waals surface area contributed by atoms with E-state index in [-0.39, 0.29) is 35.5 Å². The second-order valence-electron chi connectivity index (χ2n) is 8.06. The topological polar surface area (TPSA) is 164 Å². The second-order valence-corrected chi connectivity index (χ2v) is 8.06. The maximum Gasteiger partial charge on any atom is 0.418 e. The van der Waals surface area contributed by atoms with Crippen molar-refractivity contribution in [2.45, 2.75) is 19.3 Å². The number of aliphatic hydroxyl groups is 1. The van der Waals surface area contributed by atoms with E-state index in [1.807, 2.05) is 0 Å². The molecule has 0 aliphatic rings. The van der Waals surface area contributed by atoms with Crippen molar-refractivity contribution in [3.63, 3.8) is 0 Å². The van der Waals surface area contributed by atoms with Crippen LogP contribution in [0.25, 0.3) is 16.7 Å². The molecule has 4 N–H and O–H groups in total. The third kappa shape index (κ3) is 5.41. The molecule has 38 heavy (non-hydrogen) atoms. The van der Waals surface area contributed by atoms with Gasteiger partial charge in [0.25, 0.3) is 5.69 Å². The SMILES string of the molecule is O=C(NCc1ccn(-c2cc3c(cc2C(F)(F)F)[nH]c(=O)c(=O)n3CCO)c1)Nc1ccc([N+](=O)[O-])cc1. The number of aliphatic hydroxyl groups excluding tert-OH is 1. The zero-order valence-electron chi connectivity index (χ0n) is 19.3. The Labute approximate surface area is 210 Å². The Morgan fingerprint density at radius 3 is 2.47 bits per heavy atom. The van der Waals surface area contributed by atoms with E-state index in [9.17, 15) is 42.8 Å². The number of carbonyl (C=O) groups is 1. The van der Waals surface area contributed by atoms with Crippen molar-refractivity contribution < 1.29 is 28.0 Å². The van der Waals surface area contributed by atoms with Gasteiger partial charge in [0.05, 0.1) is 33.8 Å². The first kappa shape index (κ1) is 26.2. The lowest BCUT2D eigenvalue weighted by molar-refractivity contribution is -0.384. The number of halogens is 3. The summed E-state index contributed by atoms with van der Waals surface area (Å²) < 4.78 is 43.8. The molecule has 0 spiro atoms. The Kier molecular flexibility index (Phi) is 7.03. The van der Waals surface area contributed by atoms with Crippen LogP contribution in [0.5, 0.6) is 0 Å². The van der Waals surface area contributed by atoms with Crippen molar-refractivity contribution in [3.05, 3.63) is 96.8 Å². The van der Waals surface area contributed by atoms with E-state index in [1.54, 1.807) is 0 Å². The van der Waals surface area contributed by atoms with Gasteiger partial charge in [-0.2, -0.15) is 13.2 Å². The van der Waals surface area contributed by atoms with Gasteiger partial charge < -0.3 is 25.3 Å². The van der Waals surface area contributed by atoms with Crippen LogP contribution >= 0.6 is 0 Å². The van der Waals surface area contributed by atoms with Crippen molar-refractivity contribution >= 4 is 28.4 Å². The quantitative estimate of drug-likeness (QED) is 0.162. The Bertz CT molecular complexity index is 1640. The molecule has 2 aromatic carbocycles. The number of nitrogens with one attached hydrogen (secondary N) is 3. The molecule has 0 aliphatic heterocycles. The molecule has 0 aliphatic carbocycles. The number of hydrogen-bond donors (Lipinski definition) is 4. The molecule has 0 unspecified atom stereocenters. The van der Waals surface area contributed by atoms with Gasteiger partial charge in [0.2, 0.25) is 0 Å². The molecule has 0 radical (unpaired) electrons. The van der Waals surface area contributed by atoms with Crippen molar-refractivity contribution in [1.29, 1.82) is 0 Å². The average molecular weight is 532 g/mol. The predicted octanol–water partition coefficient (Wildman–Crippen LogP) is 2.72. The number of nitrogens with zero attached hydrogens (tertiary/aromatic N) is 3. The van der Waals surface area contributed by atoms with Gasteiger partial charge in [-0.1, -0.05) is 0 Å². The van der Waals surface area contributed by atoms with E-state index in [1.165, 1.54) is 42.7 Å². The molecule has 0 saturated carbocycles. The average Bonchev–Trinajstić information content (AvgIpc) is 3.34. The molecule has 0 saturated heterocycles. The minimum atomic E-state index is -4.81. The molecule has 0 bridgehead atoms. The third-order valence-electron chi connectivity index (χ3n) is 5.54. The first-order valence-electron chi connectivity index (χ1n) is 10.9. The Morgan fingerprint density at radius 1 is 1.13 bits per heavy atom. The van der Waals surface area contributed by atoms with E-state index in [2.05, 4.69) is 15.6 Å². The predicted molar refractivity (Wildman–Crippen MR) is 129 cm³/mol. The Balaban J connectivity index is 1.60. The fourth-order valence-corrected chi connectivity index (χ4v) is 3.79. The number of non-ortho nitro benzene ring substituents is 1. The van der Waals surface area contributed by atoms with Crippen LogP contribution in [0.1, 0.15) is 11.1 Å². The number of alkyl halides is 3. The van der Waals surface area contributed by atoms with Crippen molar-refractivity contribution in [3.8, 4) is 5.69 Å². The zero-order valence-corrected chi connectivity index (χ0v) is 19.3. The van der Waals surface area contributed by atoms with Gasteiger partial charge >= 0.3 is 23.3 Å². The number of nitro benzene ring substituents is 1. The highest BCUT2D eigenvalue weighted by Crippen LogP contribution is 2.36. The molecule has 12 nitrogen and oxygen atoms in total. The van der Waals surface area contributed by atoms with E-state index in [0.717, 1.165) is 21.3 Å². The highest BCUT2D eigenvalue weighted by atomic mass is 19.4. The Hall–Kier alpha value is -4.92. The molecule has 15 heteroatoms. The fraction of sp³-hybridized carbons (Fsp3) is 0.174. The molecule has 2 amide bonds. The largest absolute Gasteiger partial charge is 0.418 e. The summed E-state index contributed by atoms with van der Waals surface area (Å²) in [7, 11) is 0. The van der Waals surface area contributed by atoms with Crippen LogP contribution in [0.2, 0.25) is 0 Å². The molecule has 2 heterocycles. The van der Waals surface area contributed by atoms with Gasteiger partial charge in [-0.05, 0) is 35.9 Å². The number of H-pyrrole nitrogens is 1. The highest BCUT2D eigenvalue weighted by molar-refractivity contribution is 5.89. The minimum absolute atomic E-state index is 0.0116. The number of benzene rings is 2. The van der Waals surface area contributed by atoms with Gasteiger partial charge in [-0.25, -0.2) is 4.79 Å². The summed E-state index contributed by atoms with van der Waals surface area (Å²) in [4.78, 5) is 48.6. The molecular weight excluding hydrogens is 513 g/mol. The van der Waals surface area contributed by atoms with E-state index in [4.69, 9.17) is 0 Å². The summed E-state index contributed by atoms with van der Waals surface area (Å²) in [6.07, 6.45) is -2.13. The van der Waals surface area contributed by atoms with Gasteiger partial charge in [0.1, 0.15) is 0 Å². The van der Waals surface area contributed by atoms with Crippen LogP contribution in [0.15, 0.2) is 64.4 Å². The van der Waals surface area contributed by atoms with Crippen LogP contribution < -0.4 is 21.8 Å². The van der Waals surface area contributed by atoms with Crippen molar-refractivity contribution in [2.24, 2.45) is 0 Å². The van der Waals surface area contributed by atoms with Gasteiger partial charge in [-0.3, -0.25) is 24.3 Å². The van der Waals surface area contributed by atoms with E-state index in [0.29, 0.717) is 11.3 Å². The summed E-state index contributed by atoms with van der Waals surface area (Å²) in [5, 5.41) is 25.0. The number of aromatic amines is 1. The monoisotopic (exact) mass is 532 g/mol. The van der Waals surface area contributed by atoms with Crippen molar-refractivity contribution in [2.75, 3.05) is 11.9 Å². The first-order valence-corrected chi connectivity index (χ1v) is 10.9. The lowest BCUT2D eigenvalue weighted by Gasteiger charge is -2.17. The van der Waals surface area contributed by atoms with Crippen molar-refractivity contribution in [1.82, 2.24) is 19.4 Å². The normalized spacial score (nSPS) is 11.5. The number of hydrogen-bond acceptors (Lipinski definition) is 6. The molecular formula is C23H19F3N6O6. The number of aromatic nitrogens is 3. The standard InChI is InChI=1S/C23H19F3N6O6/c24-23(25,26)16-9-17-19(31(7-8-33)21(35)20(34)29-17)10-18(16)30-6-5-13(12-30)11-27-22(36)28-14-1-3-15(4-2-14)32(37)38/h1-6,9-10,12,33H,7-8,11H2,(H,29,34)(H2,27,28,36). The van der Waals surface area contributed by atoms with E-state index < -0.39 is 40.4 Å². The molecule has 0 atom stereocenters. The van der Waals surface area contributed by atoms with Crippen LogP contribution in [-0.2, 0) is 19.3 Å². The summed E-state index contributed by atoms with van der Waals surface area (Å²) in [6.45, 7) is -0.881. The number of urea groups is 1. The first-order chi connectivity index (χ1) is 18.0. The second kappa shape index (κ2) is 10.2. The number of fused-ring (bicyclic) bond motifs is 1. The third-order valence-corrected chi connectivity index (χ3v) is 5.54. The summed E-state index contributed by atoms with van der Waals surface area (Å²) in [5.41, 5.74) is -3.22. The maximum atomic E-state index is 13.9. The van der Waals surface area contributed by atoms with Gasteiger partial charge in [0, 0.05) is 43.3 Å². The summed E-state index contributed by atoms with van der Waals surface area (Å²) in [6, 6.07) is 7.75. The molecule has 2 aromatic heterocycles. The smallest absolute Gasteiger partial charge is 0.395 e. The zero-order chi connectivity index (χ0) is 27.6. The summed E-state index contributed by atoms with van der Waals surface area (Å²) in [5.74, 6) is 0. The number of nitro groups is 1. The number of anilines is 1. The summed E-state index contributed by atoms with van der Waals surface area (Å²) >= 11 is 0. The number of rotatable bonds is 7. The molecule has 4 rings (SSSR count). The number of carbonyl (C=O) groups excluding carboxylic acids is 1. The van der Waals surface area contributed by atoms with Gasteiger partial charge in [0.15, 0.2) is 0 Å².